The molecule has 0 spiro atoms. The third kappa shape index (κ3) is 8.54. The Bertz CT molecular complexity index is 2000. The highest BCUT2D eigenvalue weighted by atomic mass is 31.1. The molecule has 2 unspecified atom stereocenters. The Labute approximate surface area is 337 Å². The summed E-state index contributed by atoms with van der Waals surface area (Å²) in [5.41, 5.74) is 2.80. The molecule has 0 heterocycles. The topological polar surface area (TPSA) is 29.5 Å². The van der Waals surface area contributed by atoms with Gasteiger partial charge in [-0.2, -0.15) is 0 Å². The SMILES string of the molecule is B.OC1C[C@H](P(c2ccccc2)c2ccccc2)[C@@H](CP(c2ccccc2)c2ccccc2)C1CCOC(c1ccccc1)(c1ccccc1)c1ccccc1. The van der Waals surface area contributed by atoms with Crippen LogP contribution in [0.5, 0.6) is 0 Å². The number of benzene rings is 7. The number of hydrogen-bond acceptors (Lipinski definition) is 2. The van der Waals surface area contributed by atoms with Gasteiger partial charge in [-0.25, -0.2) is 0 Å². The van der Waals surface area contributed by atoms with Crippen LogP contribution in [0, 0.1) is 11.8 Å². The lowest BCUT2D eigenvalue weighted by atomic mass is 9.80. The molecular formula is C51H51BO2P2. The summed E-state index contributed by atoms with van der Waals surface area (Å²) in [5, 5.41) is 17.9. The lowest BCUT2D eigenvalue weighted by Crippen LogP contribution is -2.35. The standard InChI is InChI=1S/C51H48O2P2.BH3/c52-49-38-50(55(45-32-18-6-19-33-45)46-34-20-7-21-35-46)48(39-54(43-28-14-4-15-29-43)44-30-16-5-17-31-44)47(49)36-37-53-51(40-22-8-1-9-23-40,41-24-10-2-11-25-41)42-26-12-3-13-27-42;/h1-35,47-50,52H,36-39H2;1H3/t47?,48-,49?,50-;/m0./s1. The van der Waals surface area contributed by atoms with Crippen molar-refractivity contribution in [2.45, 2.75) is 30.2 Å². The number of hydrogen-bond donors (Lipinski definition) is 1. The zero-order chi connectivity index (χ0) is 37.3. The maximum atomic E-state index is 12.4. The molecule has 5 heteroatoms. The van der Waals surface area contributed by atoms with E-state index in [1.54, 1.807) is 0 Å². The van der Waals surface area contributed by atoms with E-state index in [2.05, 4.69) is 212 Å². The van der Waals surface area contributed by atoms with Gasteiger partial charge in [-0.1, -0.05) is 212 Å². The third-order valence-corrected chi connectivity index (χ3v) is 16.9. The predicted molar refractivity (Wildman–Crippen MR) is 244 cm³/mol. The van der Waals surface area contributed by atoms with Crippen LogP contribution in [0.15, 0.2) is 212 Å². The summed E-state index contributed by atoms with van der Waals surface area (Å²) >= 11 is 0. The summed E-state index contributed by atoms with van der Waals surface area (Å²) in [4.78, 5) is 0. The molecule has 0 amide bonds. The first kappa shape index (κ1) is 39.6. The van der Waals surface area contributed by atoms with E-state index in [0.717, 1.165) is 35.7 Å². The van der Waals surface area contributed by atoms with Gasteiger partial charge in [0.1, 0.15) is 5.60 Å². The lowest BCUT2D eigenvalue weighted by molar-refractivity contribution is -0.00584. The molecule has 280 valence electrons. The van der Waals surface area contributed by atoms with Crippen LogP contribution in [0.4, 0.5) is 0 Å². The molecule has 7 aromatic carbocycles. The van der Waals surface area contributed by atoms with Crippen LogP contribution in [0.3, 0.4) is 0 Å². The van der Waals surface area contributed by atoms with Gasteiger partial charge in [0.05, 0.1) is 14.5 Å². The van der Waals surface area contributed by atoms with Gasteiger partial charge in [-0.05, 0) is 90.3 Å². The number of rotatable bonds is 14. The first-order valence-electron chi connectivity index (χ1n) is 19.5. The molecule has 0 aliphatic heterocycles. The smallest absolute Gasteiger partial charge is 0.143 e. The van der Waals surface area contributed by atoms with Gasteiger partial charge in [-0.15, -0.1) is 0 Å². The van der Waals surface area contributed by atoms with Crippen molar-refractivity contribution in [1.82, 2.24) is 0 Å². The van der Waals surface area contributed by atoms with E-state index >= 15 is 0 Å². The predicted octanol–water partition coefficient (Wildman–Crippen LogP) is 8.83. The van der Waals surface area contributed by atoms with E-state index in [1.807, 2.05) is 0 Å². The molecule has 1 aliphatic rings. The van der Waals surface area contributed by atoms with Crippen LogP contribution in [-0.2, 0) is 10.3 Å². The first-order valence-corrected chi connectivity index (χ1v) is 22.4. The van der Waals surface area contributed by atoms with Gasteiger partial charge in [0, 0.05) is 6.61 Å². The van der Waals surface area contributed by atoms with Gasteiger partial charge >= 0.3 is 0 Å². The van der Waals surface area contributed by atoms with Gasteiger partial charge in [-0.3, -0.25) is 0 Å². The number of ether oxygens (including phenoxy) is 1. The normalized spacial score (nSPS) is 18.1. The van der Waals surface area contributed by atoms with Crippen molar-refractivity contribution >= 4 is 45.5 Å². The van der Waals surface area contributed by atoms with E-state index < -0.39 is 27.5 Å². The van der Waals surface area contributed by atoms with Crippen LogP contribution in [0.25, 0.3) is 0 Å². The van der Waals surface area contributed by atoms with Crippen molar-refractivity contribution in [2.24, 2.45) is 11.8 Å². The first-order chi connectivity index (χ1) is 27.2. The minimum Gasteiger partial charge on any atom is -0.393 e. The molecule has 1 N–H and O–H groups in total. The zero-order valence-corrected chi connectivity index (χ0v) is 32.9. The van der Waals surface area contributed by atoms with Crippen molar-refractivity contribution in [3.63, 3.8) is 0 Å². The Morgan fingerprint density at radius 2 is 0.804 bits per heavy atom. The molecule has 0 aromatic heterocycles. The second-order valence-electron chi connectivity index (χ2n) is 14.4. The van der Waals surface area contributed by atoms with Crippen molar-refractivity contribution in [2.75, 3.05) is 12.8 Å². The van der Waals surface area contributed by atoms with Crippen LogP contribution in [0.1, 0.15) is 29.5 Å². The lowest BCUT2D eigenvalue weighted by Gasteiger charge is -2.37. The van der Waals surface area contributed by atoms with Gasteiger partial charge < -0.3 is 9.84 Å². The second kappa shape index (κ2) is 19.0. The molecule has 8 rings (SSSR count). The Balaban J connectivity index is 0.00000480. The van der Waals surface area contributed by atoms with E-state index in [-0.39, 0.29) is 20.2 Å². The van der Waals surface area contributed by atoms with Crippen molar-refractivity contribution in [3.05, 3.63) is 229 Å². The van der Waals surface area contributed by atoms with Crippen molar-refractivity contribution in [1.29, 1.82) is 0 Å². The minimum absolute atomic E-state index is 0. The maximum Gasteiger partial charge on any atom is 0.143 e. The molecule has 4 atom stereocenters. The number of aliphatic hydroxyl groups excluding tert-OH is 1. The van der Waals surface area contributed by atoms with Gasteiger partial charge in [0.25, 0.3) is 0 Å². The monoisotopic (exact) mass is 768 g/mol. The highest BCUT2D eigenvalue weighted by molar-refractivity contribution is 7.74. The summed E-state index contributed by atoms with van der Waals surface area (Å²) in [7, 11) is -1.43. The highest BCUT2D eigenvalue weighted by Gasteiger charge is 2.47. The quantitative estimate of drug-likeness (QED) is 0.0682. The molecular weight excluding hydrogens is 717 g/mol. The molecule has 0 saturated heterocycles. The average molecular weight is 769 g/mol. The molecule has 1 fully saturated rings. The molecule has 7 aromatic rings. The highest BCUT2D eigenvalue weighted by Crippen LogP contribution is 2.56. The Morgan fingerprint density at radius 1 is 0.464 bits per heavy atom. The van der Waals surface area contributed by atoms with Crippen molar-refractivity contribution in [3.8, 4) is 0 Å². The Morgan fingerprint density at radius 3 is 1.18 bits per heavy atom. The van der Waals surface area contributed by atoms with Gasteiger partial charge in [0.2, 0.25) is 0 Å². The second-order valence-corrected chi connectivity index (χ2v) is 19.1. The van der Waals surface area contributed by atoms with Gasteiger partial charge in [0.15, 0.2) is 0 Å². The molecule has 56 heavy (non-hydrogen) atoms. The fraction of sp³-hybridized carbons (Fsp3) is 0.176. The average Bonchev–Trinajstić information content (AvgIpc) is 3.57. The summed E-state index contributed by atoms with van der Waals surface area (Å²) in [5.74, 6) is 0.344. The minimum atomic E-state index is -0.802. The fourth-order valence-corrected chi connectivity index (χ4v) is 14.8. The molecule has 1 saturated carbocycles. The number of aliphatic hydroxyl groups is 1. The van der Waals surface area contributed by atoms with Crippen LogP contribution < -0.4 is 21.2 Å². The summed E-state index contributed by atoms with van der Waals surface area (Å²) in [6, 6.07) is 76.3. The van der Waals surface area contributed by atoms with Crippen molar-refractivity contribution < 1.29 is 9.84 Å². The zero-order valence-electron chi connectivity index (χ0n) is 31.1. The third-order valence-electron chi connectivity index (χ3n) is 11.3. The molecule has 2 nitrogen and oxygen atoms in total. The summed E-state index contributed by atoms with van der Waals surface area (Å²) in [6.07, 6.45) is 2.11. The summed E-state index contributed by atoms with van der Waals surface area (Å²) < 4.78 is 7.39. The largest absolute Gasteiger partial charge is 0.393 e. The fourth-order valence-electron chi connectivity index (χ4n) is 8.74. The van der Waals surface area contributed by atoms with Crippen LogP contribution in [0.2, 0.25) is 0 Å². The molecule has 0 bridgehead atoms. The van der Waals surface area contributed by atoms with E-state index in [4.69, 9.17) is 4.74 Å². The van der Waals surface area contributed by atoms with E-state index in [0.29, 0.717) is 12.3 Å². The molecule has 1 aliphatic carbocycles. The Kier molecular flexibility index (Phi) is 13.5. The maximum absolute atomic E-state index is 12.4. The summed E-state index contributed by atoms with van der Waals surface area (Å²) in [6.45, 7) is 0.507. The van der Waals surface area contributed by atoms with E-state index in [9.17, 15) is 5.11 Å². The van der Waals surface area contributed by atoms with Crippen LogP contribution >= 0.6 is 15.8 Å². The Hall–Kier alpha value is -4.62. The van der Waals surface area contributed by atoms with Crippen LogP contribution in [-0.4, -0.2) is 38.1 Å². The molecule has 0 radical (unpaired) electrons. The van der Waals surface area contributed by atoms with E-state index in [1.165, 1.54) is 21.2 Å².